The molecule has 0 aromatic heterocycles. The van der Waals surface area contributed by atoms with Gasteiger partial charge in [-0.15, -0.1) is 0 Å². The summed E-state index contributed by atoms with van der Waals surface area (Å²) in [6.07, 6.45) is 1.16. The van der Waals surface area contributed by atoms with E-state index in [1.807, 2.05) is 6.92 Å². The average Bonchev–Trinajstić information content (AvgIpc) is 2.35. The Balaban J connectivity index is 2.84. The minimum atomic E-state index is -1.01. The van der Waals surface area contributed by atoms with Crippen LogP contribution in [-0.4, -0.2) is 23.9 Å². The molecule has 6 heteroatoms. The Morgan fingerprint density at radius 2 is 2.28 bits per heavy atom. The van der Waals surface area contributed by atoms with Crippen molar-refractivity contribution in [1.82, 2.24) is 0 Å². The molecule has 0 fully saturated rings. The molecule has 0 amide bonds. The molecule has 0 aliphatic carbocycles. The summed E-state index contributed by atoms with van der Waals surface area (Å²) in [5, 5.41) is 12.8. The summed E-state index contributed by atoms with van der Waals surface area (Å²) in [6.45, 7) is 1.90. The fraction of sp³-hybridized carbons (Fsp3) is 0.333. The van der Waals surface area contributed by atoms with Crippen molar-refractivity contribution in [1.29, 1.82) is 0 Å². The molecule has 0 heterocycles. The summed E-state index contributed by atoms with van der Waals surface area (Å²) < 4.78 is 5.82. The first-order valence-corrected chi connectivity index (χ1v) is 6.27. The van der Waals surface area contributed by atoms with Gasteiger partial charge in [0.15, 0.2) is 0 Å². The van der Waals surface area contributed by atoms with Gasteiger partial charge in [-0.2, -0.15) is 5.10 Å². The molecule has 1 aromatic rings. The van der Waals surface area contributed by atoms with Crippen LogP contribution in [0.3, 0.4) is 0 Å². The van der Waals surface area contributed by atoms with Crippen LogP contribution in [0, 0.1) is 0 Å². The number of halogens is 1. The first-order chi connectivity index (χ1) is 8.58. The van der Waals surface area contributed by atoms with Crippen LogP contribution in [0.15, 0.2) is 27.8 Å². The molecule has 98 valence electrons. The Morgan fingerprint density at radius 3 is 2.78 bits per heavy atom. The van der Waals surface area contributed by atoms with Crippen LogP contribution in [0.5, 0.6) is 5.75 Å². The maximum absolute atomic E-state index is 10.9. The number of hydrazone groups is 1. The van der Waals surface area contributed by atoms with E-state index >= 15 is 0 Å². The Bertz CT molecular complexity index is 461. The van der Waals surface area contributed by atoms with Gasteiger partial charge in [-0.05, 0) is 40.5 Å². The van der Waals surface area contributed by atoms with E-state index in [1.54, 1.807) is 25.3 Å². The second-order valence-electron chi connectivity index (χ2n) is 3.57. The van der Waals surface area contributed by atoms with E-state index in [2.05, 4.69) is 26.5 Å². The highest BCUT2D eigenvalue weighted by molar-refractivity contribution is 9.10. The Kier molecular flexibility index (Phi) is 5.64. The number of methoxy groups -OCH3 is 1. The molecule has 2 N–H and O–H groups in total. The largest absolute Gasteiger partial charge is 0.497 e. The molecule has 0 unspecified atom stereocenters. The third-order valence-electron chi connectivity index (χ3n) is 2.22. The van der Waals surface area contributed by atoms with E-state index in [0.717, 1.165) is 10.9 Å². The summed E-state index contributed by atoms with van der Waals surface area (Å²) in [4.78, 5) is 10.9. The Hall–Kier alpha value is -1.56. The van der Waals surface area contributed by atoms with Crippen LogP contribution in [0.1, 0.15) is 19.8 Å². The maximum Gasteiger partial charge on any atom is 0.352 e. The summed E-state index contributed by atoms with van der Waals surface area (Å²) in [5.41, 5.74) is 3.53. The first kappa shape index (κ1) is 14.5. The number of rotatable bonds is 6. The number of nitrogens with zero attached hydrogens (tertiary/aromatic N) is 1. The molecule has 5 nitrogen and oxygen atoms in total. The highest BCUT2D eigenvalue weighted by atomic mass is 79.9. The number of carbonyl (C=O) groups is 1. The minimum absolute atomic E-state index is 0.111. The predicted molar refractivity (Wildman–Crippen MR) is 74.3 cm³/mol. The monoisotopic (exact) mass is 314 g/mol. The number of carboxylic acids is 1. The summed E-state index contributed by atoms with van der Waals surface area (Å²) in [6, 6.07) is 5.30. The molecule has 0 radical (unpaired) electrons. The lowest BCUT2D eigenvalue weighted by Gasteiger charge is -2.07. The number of aliphatic carboxylic acids is 1. The second kappa shape index (κ2) is 7.00. The van der Waals surface area contributed by atoms with Crippen molar-refractivity contribution < 1.29 is 14.6 Å². The lowest BCUT2D eigenvalue weighted by molar-refractivity contribution is -0.129. The third-order valence-corrected chi connectivity index (χ3v) is 2.88. The van der Waals surface area contributed by atoms with Crippen LogP contribution < -0.4 is 10.2 Å². The van der Waals surface area contributed by atoms with Gasteiger partial charge < -0.3 is 9.84 Å². The molecule has 1 rings (SSSR count). The number of hydrogen-bond acceptors (Lipinski definition) is 4. The van der Waals surface area contributed by atoms with Crippen LogP contribution in [-0.2, 0) is 4.79 Å². The lowest BCUT2D eigenvalue weighted by atomic mass is 10.2. The molecule has 0 spiro atoms. The van der Waals surface area contributed by atoms with Crippen molar-refractivity contribution in [3.05, 3.63) is 22.7 Å². The number of anilines is 1. The molecule has 1 aromatic carbocycles. The predicted octanol–water partition coefficient (Wildman–Crippen LogP) is 3.11. The van der Waals surface area contributed by atoms with Crippen molar-refractivity contribution >= 4 is 33.3 Å². The summed E-state index contributed by atoms with van der Waals surface area (Å²) >= 11 is 3.35. The molecule has 0 saturated carbocycles. The van der Waals surface area contributed by atoms with E-state index < -0.39 is 5.97 Å². The highest BCUT2D eigenvalue weighted by Crippen LogP contribution is 2.27. The van der Waals surface area contributed by atoms with Gasteiger partial charge in [0.05, 0.1) is 12.8 Å². The number of carboxylic acid groups (broad SMARTS) is 1. The lowest BCUT2D eigenvalue weighted by Crippen LogP contribution is -2.14. The van der Waals surface area contributed by atoms with Gasteiger partial charge in [0.25, 0.3) is 0 Å². The summed E-state index contributed by atoms with van der Waals surface area (Å²) in [5.74, 6) is -0.294. The summed E-state index contributed by atoms with van der Waals surface area (Å²) in [7, 11) is 1.58. The molecule has 18 heavy (non-hydrogen) atoms. The normalized spacial score (nSPS) is 11.2. The quantitative estimate of drug-likeness (QED) is 0.625. The van der Waals surface area contributed by atoms with Crippen LogP contribution in [0.25, 0.3) is 0 Å². The minimum Gasteiger partial charge on any atom is -0.497 e. The van der Waals surface area contributed by atoms with Crippen molar-refractivity contribution in [3.63, 3.8) is 0 Å². The number of nitrogens with one attached hydrogen (secondary N) is 1. The zero-order chi connectivity index (χ0) is 13.5. The fourth-order valence-electron chi connectivity index (χ4n) is 1.29. The molecule has 0 saturated heterocycles. The zero-order valence-electron chi connectivity index (χ0n) is 10.2. The SMILES string of the molecule is CCCC(=NNc1ccc(OC)cc1Br)C(=O)O. The van der Waals surface area contributed by atoms with Crippen molar-refractivity contribution in [2.24, 2.45) is 5.10 Å². The maximum atomic E-state index is 10.9. The highest BCUT2D eigenvalue weighted by Gasteiger charge is 2.08. The average molecular weight is 315 g/mol. The molecular formula is C12H15BrN2O3. The molecule has 0 bridgehead atoms. The van der Waals surface area contributed by atoms with E-state index in [4.69, 9.17) is 9.84 Å². The Labute approximate surface area is 114 Å². The first-order valence-electron chi connectivity index (χ1n) is 5.47. The van der Waals surface area contributed by atoms with Crippen molar-refractivity contribution in [3.8, 4) is 5.75 Å². The van der Waals surface area contributed by atoms with Gasteiger partial charge in [0.2, 0.25) is 0 Å². The standard InChI is InChI=1S/C12H15BrN2O3/c1-3-4-11(12(16)17)15-14-10-6-5-8(18-2)7-9(10)13/h5-7,14H,3-4H2,1-2H3,(H,16,17). The second-order valence-corrected chi connectivity index (χ2v) is 4.43. The van der Waals surface area contributed by atoms with Gasteiger partial charge in [-0.3, -0.25) is 5.43 Å². The van der Waals surface area contributed by atoms with E-state index in [-0.39, 0.29) is 5.71 Å². The zero-order valence-corrected chi connectivity index (χ0v) is 11.8. The topological polar surface area (TPSA) is 70.9 Å². The van der Waals surface area contributed by atoms with E-state index in [0.29, 0.717) is 17.9 Å². The fourth-order valence-corrected chi connectivity index (χ4v) is 1.74. The number of hydrogen-bond donors (Lipinski definition) is 2. The van der Waals surface area contributed by atoms with Gasteiger partial charge >= 0.3 is 5.97 Å². The van der Waals surface area contributed by atoms with Gasteiger partial charge in [-0.1, -0.05) is 13.3 Å². The van der Waals surface area contributed by atoms with Crippen molar-refractivity contribution in [2.45, 2.75) is 19.8 Å². The van der Waals surface area contributed by atoms with E-state index in [9.17, 15) is 4.79 Å². The van der Waals surface area contributed by atoms with Crippen LogP contribution in [0.4, 0.5) is 5.69 Å². The van der Waals surface area contributed by atoms with Crippen LogP contribution in [0.2, 0.25) is 0 Å². The van der Waals surface area contributed by atoms with Gasteiger partial charge in [0.1, 0.15) is 11.5 Å². The number of ether oxygens (including phenoxy) is 1. The van der Waals surface area contributed by atoms with E-state index in [1.165, 1.54) is 0 Å². The molecule has 0 aliphatic heterocycles. The van der Waals surface area contributed by atoms with Crippen LogP contribution >= 0.6 is 15.9 Å². The molecule has 0 aliphatic rings. The van der Waals surface area contributed by atoms with Gasteiger partial charge in [0, 0.05) is 4.47 Å². The number of benzene rings is 1. The van der Waals surface area contributed by atoms with Gasteiger partial charge in [-0.25, -0.2) is 4.79 Å². The smallest absolute Gasteiger partial charge is 0.352 e. The van der Waals surface area contributed by atoms with Crippen molar-refractivity contribution in [2.75, 3.05) is 12.5 Å². The third kappa shape index (κ3) is 4.03. The molecular weight excluding hydrogens is 300 g/mol. The molecule has 0 atom stereocenters. The Morgan fingerprint density at radius 1 is 1.56 bits per heavy atom.